The van der Waals surface area contributed by atoms with Gasteiger partial charge in [0.15, 0.2) is 0 Å². The standard InChI is InChI=1S/C14H22ClN3O2/c1-10(2)20-9-5-8-16-13(19)7-6-12-11(3)17-18(4)14(12)15/h6-7,10H,5,8-9H2,1-4H3,(H,16,19)/b7-6+. The summed E-state index contributed by atoms with van der Waals surface area (Å²) < 4.78 is 6.97. The number of halogens is 1. The molecule has 1 aromatic heterocycles. The van der Waals surface area contributed by atoms with Gasteiger partial charge in [0, 0.05) is 31.8 Å². The number of carbonyl (C=O) groups is 1. The molecule has 0 saturated heterocycles. The minimum atomic E-state index is -0.145. The lowest BCUT2D eigenvalue weighted by molar-refractivity contribution is -0.116. The summed E-state index contributed by atoms with van der Waals surface area (Å²) in [6.45, 7) is 7.07. The van der Waals surface area contributed by atoms with Crippen LogP contribution in [-0.2, 0) is 16.6 Å². The number of aromatic nitrogens is 2. The van der Waals surface area contributed by atoms with Gasteiger partial charge in [0.25, 0.3) is 0 Å². The zero-order chi connectivity index (χ0) is 15.1. The molecule has 1 aromatic rings. The van der Waals surface area contributed by atoms with Crippen LogP contribution in [0.15, 0.2) is 6.08 Å². The van der Waals surface area contributed by atoms with E-state index in [1.54, 1.807) is 17.8 Å². The van der Waals surface area contributed by atoms with Crippen molar-refractivity contribution in [1.82, 2.24) is 15.1 Å². The maximum Gasteiger partial charge on any atom is 0.244 e. The van der Waals surface area contributed by atoms with Crippen LogP contribution in [0.1, 0.15) is 31.5 Å². The van der Waals surface area contributed by atoms with Gasteiger partial charge in [-0.3, -0.25) is 9.48 Å². The van der Waals surface area contributed by atoms with Crippen molar-refractivity contribution in [2.24, 2.45) is 7.05 Å². The predicted molar refractivity (Wildman–Crippen MR) is 80.7 cm³/mol. The molecule has 0 bridgehead atoms. The zero-order valence-corrected chi connectivity index (χ0v) is 13.2. The summed E-state index contributed by atoms with van der Waals surface area (Å²) in [5.74, 6) is -0.145. The van der Waals surface area contributed by atoms with E-state index in [0.29, 0.717) is 18.3 Å². The van der Waals surface area contributed by atoms with Crippen molar-refractivity contribution in [1.29, 1.82) is 0 Å². The van der Waals surface area contributed by atoms with Crippen molar-refractivity contribution < 1.29 is 9.53 Å². The van der Waals surface area contributed by atoms with Crippen molar-refractivity contribution in [2.75, 3.05) is 13.2 Å². The third kappa shape index (κ3) is 5.35. The summed E-state index contributed by atoms with van der Waals surface area (Å²) in [4.78, 5) is 11.6. The molecule has 1 amide bonds. The lowest BCUT2D eigenvalue weighted by Gasteiger charge is -2.07. The van der Waals surface area contributed by atoms with Crippen molar-refractivity contribution in [3.05, 3.63) is 22.5 Å². The highest BCUT2D eigenvalue weighted by atomic mass is 35.5. The average Bonchev–Trinajstić information content (AvgIpc) is 2.60. The number of nitrogens with one attached hydrogen (secondary N) is 1. The monoisotopic (exact) mass is 299 g/mol. The molecule has 0 spiro atoms. The maximum atomic E-state index is 11.6. The Morgan fingerprint density at radius 3 is 2.80 bits per heavy atom. The molecule has 6 heteroatoms. The van der Waals surface area contributed by atoms with E-state index in [1.807, 2.05) is 20.8 Å². The number of aryl methyl sites for hydroxylation is 2. The summed E-state index contributed by atoms with van der Waals surface area (Å²) in [5.41, 5.74) is 1.57. The first-order chi connectivity index (χ1) is 9.41. The molecule has 0 saturated carbocycles. The van der Waals surface area contributed by atoms with E-state index >= 15 is 0 Å². The maximum absolute atomic E-state index is 11.6. The lowest BCUT2D eigenvalue weighted by Crippen LogP contribution is -2.23. The Labute approximate surface area is 124 Å². The van der Waals surface area contributed by atoms with Crippen molar-refractivity contribution in [2.45, 2.75) is 33.3 Å². The number of carbonyl (C=O) groups excluding carboxylic acids is 1. The molecule has 0 radical (unpaired) electrons. The van der Waals surface area contributed by atoms with E-state index in [0.717, 1.165) is 17.7 Å². The van der Waals surface area contributed by atoms with Gasteiger partial charge in [-0.2, -0.15) is 5.10 Å². The van der Waals surface area contributed by atoms with Crippen molar-refractivity contribution in [3.8, 4) is 0 Å². The van der Waals surface area contributed by atoms with Gasteiger partial charge in [-0.05, 0) is 33.3 Å². The first kappa shape index (κ1) is 16.7. The molecule has 1 N–H and O–H groups in total. The first-order valence-electron chi connectivity index (χ1n) is 6.68. The van der Waals surface area contributed by atoms with Gasteiger partial charge in [-0.15, -0.1) is 0 Å². The zero-order valence-electron chi connectivity index (χ0n) is 12.4. The van der Waals surface area contributed by atoms with E-state index in [-0.39, 0.29) is 12.0 Å². The highest BCUT2D eigenvalue weighted by Crippen LogP contribution is 2.19. The molecule has 1 rings (SSSR count). The smallest absolute Gasteiger partial charge is 0.244 e. The van der Waals surface area contributed by atoms with E-state index in [1.165, 1.54) is 6.08 Å². The van der Waals surface area contributed by atoms with Crippen molar-refractivity contribution in [3.63, 3.8) is 0 Å². The molecule has 20 heavy (non-hydrogen) atoms. The van der Waals surface area contributed by atoms with Gasteiger partial charge < -0.3 is 10.1 Å². The normalized spacial score (nSPS) is 11.5. The molecular formula is C14H22ClN3O2. The number of rotatable bonds is 7. The molecular weight excluding hydrogens is 278 g/mol. The Hall–Kier alpha value is -1.33. The molecule has 1 heterocycles. The second-order valence-electron chi connectivity index (χ2n) is 4.81. The largest absolute Gasteiger partial charge is 0.379 e. The van der Waals surface area contributed by atoms with E-state index in [9.17, 15) is 4.79 Å². The second-order valence-corrected chi connectivity index (χ2v) is 5.17. The fraction of sp³-hybridized carbons (Fsp3) is 0.571. The van der Waals surface area contributed by atoms with Crippen LogP contribution in [0.5, 0.6) is 0 Å². The van der Waals surface area contributed by atoms with E-state index < -0.39 is 0 Å². The number of ether oxygens (including phenoxy) is 1. The molecule has 0 aliphatic rings. The van der Waals surface area contributed by atoms with E-state index in [4.69, 9.17) is 16.3 Å². The Morgan fingerprint density at radius 1 is 1.55 bits per heavy atom. The Morgan fingerprint density at radius 2 is 2.25 bits per heavy atom. The van der Waals surface area contributed by atoms with Crippen LogP contribution >= 0.6 is 11.6 Å². The predicted octanol–water partition coefficient (Wildman–Crippen LogP) is 2.33. The summed E-state index contributed by atoms with van der Waals surface area (Å²) in [5, 5.41) is 7.50. The van der Waals surface area contributed by atoms with Gasteiger partial charge >= 0.3 is 0 Å². The summed E-state index contributed by atoms with van der Waals surface area (Å²) in [7, 11) is 1.77. The van der Waals surface area contributed by atoms with Crippen LogP contribution in [0.2, 0.25) is 5.15 Å². The van der Waals surface area contributed by atoms with Gasteiger partial charge in [0.2, 0.25) is 5.91 Å². The van der Waals surface area contributed by atoms with Gasteiger partial charge in [0.1, 0.15) is 5.15 Å². The Kier molecular flexibility index (Phi) is 6.75. The lowest BCUT2D eigenvalue weighted by atomic mass is 10.2. The second kappa shape index (κ2) is 8.07. The third-order valence-corrected chi connectivity index (χ3v) is 3.12. The molecule has 0 atom stereocenters. The van der Waals surface area contributed by atoms with Crippen LogP contribution in [0.25, 0.3) is 6.08 Å². The van der Waals surface area contributed by atoms with Crippen LogP contribution in [0, 0.1) is 6.92 Å². The average molecular weight is 300 g/mol. The van der Waals surface area contributed by atoms with Crippen molar-refractivity contribution >= 4 is 23.6 Å². The number of hydrogen-bond acceptors (Lipinski definition) is 3. The Bertz CT molecular complexity index is 481. The summed E-state index contributed by atoms with van der Waals surface area (Å²) >= 11 is 6.07. The Balaban J connectivity index is 2.37. The SMILES string of the molecule is Cc1nn(C)c(Cl)c1/C=C/C(=O)NCCCOC(C)C. The third-order valence-electron chi connectivity index (χ3n) is 2.67. The highest BCUT2D eigenvalue weighted by Gasteiger charge is 2.08. The fourth-order valence-corrected chi connectivity index (χ4v) is 1.89. The van der Waals surface area contributed by atoms with Crippen LogP contribution in [0.3, 0.4) is 0 Å². The topological polar surface area (TPSA) is 56.2 Å². The van der Waals surface area contributed by atoms with Crippen LogP contribution < -0.4 is 5.32 Å². The van der Waals surface area contributed by atoms with Gasteiger partial charge in [0.05, 0.1) is 11.8 Å². The van der Waals surface area contributed by atoms with Gasteiger partial charge in [-0.1, -0.05) is 11.6 Å². The first-order valence-corrected chi connectivity index (χ1v) is 7.06. The summed E-state index contributed by atoms with van der Waals surface area (Å²) in [6, 6.07) is 0. The molecule has 0 aliphatic heterocycles. The number of hydrogen-bond donors (Lipinski definition) is 1. The highest BCUT2D eigenvalue weighted by molar-refractivity contribution is 6.31. The molecule has 0 fully saturated rings. The van der Waals surface area contributed by atoms with E-state index in [2.05, 4.69) is 10.4 Å². The van der Waals surface area contributed by atoms with Crippen LogP contribution in [0.4, 0.5) is 0 Å². The van der Waals surface area contributed by atoms with Gasteiger partial charge in [-0.25, -0.2) is 0 Å². The number of amides is 1. The number of nitrogens with zero attached hydrogens (tertiary/aromatic N) is 2. The van der Waals surface area contributed by atoms with Crippen LogP contribution in [-0.4, -0.2) is 34.9 Å². The molecule has 0 unspecified atom stereocenters. The minimum Gasteiger partial charge on any atom is -0.379 e. The molecule has 112 valence electrons. The quantitative estimate of drug-likeness (QED) is 0.621. The fourth-order valence-electron chi connectivity index (χ4n) is 1.66. The molecule has 5 nitrogen and oxygen atoms in total. The molecule has 0 aromatic carbocycles. The minimum absolute atomic E-state index is 0.145. The molecule has 0 aliphatic carbocycles. The summed E-state index contributed by atoms with van der Waals surface area (Å²) in [6.07, 6.45) is 4.18.